The van der Waals surface area contributed by atoms with Gasteiger partial charge in [0.2, 0.25) is 12.7 Å². The van der Waals surface area contributed by atoms with Gasteiger partial charge in [0.1, 0.15) is 12.0 Å². The number of ether oxygens (including phenoxy) is 2. The molecule has 0 fully saturated rings. The van der Waals surface area contributed by atoms with E-state index in [1.54, 1.807) is 47.4 Å². The van der Waals surface area contributed by atoms with Gasteiger partial charge in [-0.05, 0) is 36.4 Å². The van der Waals surface area contributed by atoms with Crippen molar-refractivity contribution >= 4 is 38.8 Å². The third-order valence-electron chi connectivity index (χ3n) is 4.92. The van der Waals surface area contributed by atoms with Crippen LogP contribution in [0.25, 0.3) is 5.95 Å². The summed E-state index contributed by atoms with van der Waals surface area (Å²) in [6.45, 7) is 0.146. The van der Waals surface area contributed by atoms with Crippen molar-refractivity contribution < 1.29 is 17.9 Å². The lowest BCUT2D eigenvalue weighted by molar-refractivity contribution is 0.174. The van der Waals surface area contributed by atoms with Gasteiger partial charge in [-0.2, -0.15) is 4.98 Å². The molecule has 1 aliphatic heterocycles. The molecule has 1 N–H and O–H groups in total. The van der Waals surface area contributed by atoms with Crippen LogP contribution < -0.4 is 19.1 Å². The fraction of sp³-hybridized carbons (Fsp3) is 0.0952. The third-order valence-corrected chi connectivity index (χ3v) is 6.55. The summed E-state index contributed by atoms with van der Waals surface area (Å²) in [6.07, 6.45) is 6.25. The van der Waals surface area contributed by atoms with E-state index in [1.807, 2.05) is 6.07 Å². The fourth-order valence-electron chi connectivity index (χ4n) is 3.23. The summed E-state index contributed by atoms with van der Waals surface area (Å²) in [4.78, 5) is 14.7. The van der Waals surface area contributed by atoms with Gasteiger partial charge in [0, 0.05) is 36.2 Å². The topological polar surface area (TPSA) is 111 Å². The molecule has 4 aromatic rings. The molecule has 0 aliphatic carbocycles. The van der Waals surface area contributed by atoms with Gasteiger partial charge >= 0.3 is 0 Å². The molecule has 2 aromatic heterocycles. The zero-order valence-electron chi connectivity index (χ0n) is 17.2. The lowest BCUT2D eigenvalue weighted by Gasteiger charge is -2.22. The lowest BCUT2D eigenvalue weighted by atomic mass is 10.2. The number of sulfonamides is 1. The summed E-state index contributed by atoms with van der Waals surface area (Å²) in [5, 5.41) is 0.435. The number of anilines is 3. The molecule has 0 unspecified atom stereocenters. The van der Waals surface area contributed by atoms with Crippen molar-refractivity contribution in [3.05, 3.63) is 72.4 Å². The van der Waals surface area contributed by atoms with Crippen LogP contribution in [0, 0.1) is 0 Å². The average Bonchev–Trinajstić information content (AvgIpc) is 3.51. The van der Waals surface area contributed by atoms with E-state index in [9.17, 15) is 8.42 Å². The minimum absolute atomic E-state index is 0.0577. The number of imidazole rings is 1. The van der Waals surface area contributed by atoms with Crippen LogP contribution in [-0.2, 0) is 10.0 Å². The van der Waals surface area contributed by atoms with E-state index < -0.39 is 10.0 Å². The number of rotatable bonds is 6. The molecular weight excluding hydrogens is 468 g/mol. The molecule has 168 valence electrons. The maximum atomic E-state index is 13.0. The first-order chi connectivity index (χ1) is 15.9. The Bertz CT molecular complexity index is 1410. The number of hydrogen-bond donors (Lipinski definition) is 1. The van der Waals surface area contributed by atoms with Crippen LogP contribution in [0.1, 0.15) is 0 Å². The van der Waals surface area contributed by atoms with Crippen LogP contribution in [0.15, 0.2) is 72.3 Å². The van der Waals surface area contributed by atoms with Crippen molar-refractivity contribution in [1.29, 1.82) is 0 Å². The molecule has 0 saturated heterocycles. The van der Waals surface area contributed by atoms with Crippen molar-refractivity contribution in [2.24, 2.45) is 0 Å². The summed E-state index contributed by atoms with van der Waals surface area (Å²) in [5.41, 5.74) is 0.899. The van der Waals surface area contributed by atoms with Crippen LogP contribution >= 0.6 is 11.6 Å². The summed E-state index contributed by atoms with van der Waals surface area (Å²) in [7, 11) is -2.16. The minimum atomic E-state index is -3.92. The summed E-state index contributed by atoms with van der Waals surface area (Å²) in [5.74, 6) is 1.87. The molecule has 0 atom stereocenters. The maximum absolute atomic E-state index is 13.0. The van der Waals surface area contributed by atoms with E-state index in [2.05, 4.69) is 19.7 Å². The Balaban J connectivity index is 1.56. The zero-order valence-corrected chi connectivity index (χ0v) is 18.8. The molecule has 0 bridgehead atoms. The molecular formula is C21H17ClN6O4S. The van der Waals surface area contributed by atoms with Gasteiger partial charge in [0.25, 0.3) is 10.0 Å². The van der Waals surface area contributed by atoms with Crippen molar-refractivity contribution in [2.75, 3.05) is 23.5 Å². The highest BCUT2D eigenvalue weighted by Gasteiger charge is 2.22. The number of benzene rings is 2. The van der Waals surface area contributed by atoms with Crippen LogP contribution in [0.2, 0.25) is 5.02 Å². The van der Waals surface area contributed by atoms with E-state index in [-0.39, 0.29) is 17.4 Å². The first kappa shape index (κ1) is 21.0. The van der Waals surface area contributed by atoms with E-state index in [4.69, 9.17) is 21.1 Å². The fourth-order valence-corrected chi connectivity index (χ4v) is 4.40. The van der Waals surface area contributed by atoms with Crippen molar-refractivity contribution in [1.82, 2.24) is 19.5 Å². The van der Waals surface area contributed by atoms with E-state index in [0.717, 1.165) is 0 Å². The van der Waals surface area contributed by atoms with Gasteiger partial charge in [0.05, 0.1) is 11.1 Å². The molecule has 0 radical (unpaired) electrons. The highest BCUT2D eigenvalue weighted by molar-refractivity contribution is 7.92. The van der Waals surface area contributed by atoms with Crippen LogP contribution in [0.4, 0.5) is 17.2 Å². The normalized spacial score (nSPS) is 12.5. The van der Waals surface area contributed by atoms with Crippen LogP contribution in [0.3, 0.4) is 0 Å². The first-order valence-corrected chi connectivity index (χ1v) is 11.5. The lowest BCUT2D eigenvalue weighted by Crippen LogP contribution is -2.19. The van der Waals surface area contributed by atoms with Gasteiger partial charge in [-0.25, -0.2) is 18.4 Å². The standard InChI is InChI=1S/C21H17ClN6O4S/c1-27(15-4-7-18-19(10-15)32-13-31-18)20-17(11-24-21(25-20)28-9-8-23-12-28)26-33(29,30)16-5-2-14(22)3-6-16/h2-12,26H,13H2,1H3. The van der Waals surface area contributed by atoms with Gasteiger partial charge in [-0.15, -0.1) is 0 Å². The molecule has 2 aromatic carbocycles. The molecule has 33 heavy (non-hydrogen) atoms. The maximum Gasteiger partial charge on any atom is 0.262 e. The molecule has 3 heterocycles. The highest BCUT2D eigenvalue weighted by atomic mass is 35.5. The summed E-state index contributed by atoms with van der Waals surface area (Å²) >= 11 is 5.89. The van der Waals surface area contributed by atoms with Crippen LogP contribution in [0.5, 0.6) is 11.5 Å². The monoisotopic (exact) mass is 484 g/mol. The number of aromatic nitrogens is 4. The van der Waals surface area contributed by atoms with E-state index >= 15 is 0 Å². The molecule has 10 nitrogen and oxygen atoms in total. The Morgan fingerprint density at radius 1 is 1.12 bits per heavy atom. The number of nitrogens with zero attached hydrogens (tertiary/aromatic N) is 5. The van der Waals surface area contributed by atoms with Gasteiger partial charge in [0.15, 0.2) is 17.3 Å². The quantitative estimate of drug-likeness (QED) is 0.441. The minimum Gasteiger partial charge on any atom is -0.454 e. The SMILES string of the molecule is CN(c1ccc2c(c1)OCO2)c1nc(-n2ccnc2)ncc1NS(=O)(=O)c1ccc(Cl)cc1. The number of hydrogen-bond acceptors (Lipinski definition) is 8. The van der Waals surface area contributed by atoms with Crippen LogP contribution in [-0.4, -0.2) is 41.8 Å². The van der Waals surface area contributed by atoms with Crippen molar-refractivity contribution in [2.45, 2.75) is 4.90 Å². The Labute approximate surface area is 194 Å². The highest BCUT2D eigenvalue weighted by Crippen LogP contribution is 2.38. The largest absolute Gasteiger partial charge is 0.454 e. The predicted octanol–water partition coefficient (Wildman–Crippen LogP) is 3.61. The number of halogens is 1. The Hall–Kier alpha value is -3.83. The second-order valence-electron chi connectivity index (χ2n) is 7.03. The number of fused-ring (bicyclic) bond motifs is 1. The third kappa shape index (κ3) is 4.15. The Kier molecular flexibility index (Phi) is 5.27. The molecule has 0 spiro atoms. The van der Waals surface area contributed by atoms with Gasteiger partial charge in [-0.3, -0.25) is 9.29 Å². The second kappa shape index (κ2) is 8.26. The van der Waals surface area contributed by atoms with Gasteiger partial charge in [-0.1, -0.05) is 11.6 Å². The van der Waals surface area contributed by atoms with Crippen molar-refractivity contribution in [3.63, 3.8) is 0 Å². The Morgan fingerprint density at radius 3 is 2.67 bits per heavy atom. The number of nitrogens with one attached hydrogen (secondary N) is 1. The predicted molar refractivity (Wildman–Crippen MR) is 122 cm³/mol. The summed E-state index contributed by atoms with van der Waals surface area (Å²) in [6, 6.07) is 11.3. The average molecular weight is 485 g/mol. The molecule has 5 rings (SSSR count). The second-order valence-corrected chi connectivity index (χ2v) is 9.15. The smallest absolute Gasteiger partial charge is 0.262 e. The van der Waals surface area contributed by atoms with E-state index in [1.165, 1.54) is 30.5 Å². The molecule has 1 aliphatic rings. The molecule has 0 saturated carbocycles. The van der Waals surface area contributed by atoms with Gasteiger partial charge < -0.3 is 14.4 Å². The van der Waals surface area contributed by atoms with Crippen molar-refractivity contribution in [3.8, 4) is 17.4 Å². The first-order valence-electron chi connectivity index (χ1n) is 9.68. The molecule has 12 heteroatoms. The van der Waals surface area contributed by atoms with E-state index in [0.29, 0.717) is 34.0 Å². The zero-order chi connectivity index (χ0) is 23.0. The summed E-state index contributed by atoms with van der Waals surface area (Å²) < 4.78 is 41.1. The molecule has 0 amide bonds. The Morgan fingerprint density at radius 2 is 1.91 bits per heavy atom.